The Morgan fingerprint density at radius 2 is 0.542 bits per heavy atom. The van der Waals surface area contributed by atoms with E-state index in [4.69, 9.17) is 9.97 Å². The van der Waals surface area contributed by atoms with Crippen molar-refractivity contribution in [2.75, 3.05) is 0 Å². The zero-order chi connectivity index (χ0) is 54.6. The number of benzene rings is 12. The van der Waals surface area contributed by atoms with Crippen molar-refractivity contribution in [3.63, 3.8) is 0 Å². The maximum atomic E-state index is 5.74. The lowest BCUT2D eigenvalue weighted by atomic mass is 10.1. The maximum Gasteiger partial charge on any atom is 0.237 e. The third-order valence-electron chi connectivity index (χ3n) is 16.9. The normalized spacial score (nSPS) is 12.3. The minimum Gasteiger partial charge on any atom is -0.309 e. The summed E-state index contributed by atoms with van der Waals surface area (Å²) in [6.45, 7) is 0. The molecule has 0 aliphatic carbocycles. The number of hydrogen-bond donors (Lipinski definition) is 0. The van der Waals surface area contributed by atoms with Gasteiger partial charge in [-0.1, -0.05) is 176 Å². The first kappa shape index (κ1) is 47.1. The van der Waals surface area contributed by atoms with Crippen LogP contribution in [-0.4, -0.2) is 28.2 Å². The van der Waals surface area contributed by atoms with Crippen LogP contribution in [0.2, 0.25) is 0 Å². The summed E-state index contributed by atoms with van der Waals surface area (Å²) < 4.78 is 9.41. The highest BCUT2D eigenvalue weighted by Gasteiger charge is 2.33. The van der Waals surface area contributed by atoms with E-state index in [-0.39, 0.29) is 0 Å². The Kier molecular flexibility index (Phi) is 10.6. The van der Waals surface area contributed by atoms with E-state index in [1.165, 1.54) is 63.2 Å². The van der Waals surface area contributed by atoms with Gasteiger partial charge in [-0.05, 0) is 121 Å². The number of fused-ring (bicyclic) bond motifs is 12. The second kappa shape index (κ2) is 18.7. The van der Waals surface area contributed by atoms with Gasteiger partial charge in [-0.25, -0.2) is 4.98 Å². The summed E-state index contributed by atoms with van der Waals surface area (Å²) in [4.78, 5) is 16.5. The predicted octanol–water partition coefficient (Wildman–Crippen LogP) is 19.9. The molecular weight excluding hydrogens is 1030 g/mol. The lowest BCUT2D eigenvalue weighted by Gasteiger charge is -2.42. The quantitative estimate of drug-likeness (QED) is 0.145. The second-order valence-corrected chi connectivity index (χ2v) is 24.4. The molecule has 0 aliphatic heterocycles. The fourth-order valence-electron chi connectivity index (χ4n) is 13.4. The molecule has 0 saturated carbocycles. The third-order valence-corrected chi connectivity index (χ3v) is 20.8. The molecule has 17 aromatic rings. The molecule has 0 fully saturated rings. The Morgan fingerprint density at radius 3 is 0.952 bits per heavy atom. The van der Waals surface area contributed by atoms with Crippen LogP contribution in [0, 0.1) is 0 Å². The highest BCUT2D eigenvalue weighted by molar-refractivity contribution is 8.34. The summed E-state index contributed by atoms with van der Waals surface area (Å²) in [6, 6.07) is 111. The summed E-state index contributed by atoms with van der Waals surface area (Å²) in [7, 11) is -1.93. The van der Waals surface area contributed by atoms with Gasteiger partial charge in [-0.15, -0.1) is 10.0 Å². The van der Waals surface area contributed by atoms with Gasteiger partial charge >= 0.3 is 0 Å². The van der Waals surface area contributed by atoms with Crippen molar-refractivity contribution in [1.29, 1.82) is 0 Å². The molecule has 0 spiro atoms. The molecule has 0 atom stereocenters. The highest BCUT2D eigenvalue weighted by atomic mass is 32.3. The summed E-state index contributed by atoms with van der Waals surface area (Å²) >= 11 is 0. The number of hydrogen-bond acceptors (Lipinski definition) is 2. The zero-order valence-electron chi connectivity index (χ0n) is 45.0. The summed E-state index contributed by atoms with van der Waals surface area (Å²) in [5.74, 6) is 1.36. The van der Waals surface area contributed by atoms with E-state index in [0.29, 0.717) is 5.95 Å². The Morgan fingerprint density at radius 1 is 0.229 bits per heavy atom. The van der Waals surface area contributed by atoms with Gasteiger partial charge in [0, 0.05) is 85.7 Å². The van der Waals surface area contributed by atoms with Crippen LogP contribution in [0.1, 0.15) is 0 Å². The average molecular weight is 1080 g/mol. The molecule has 0 bridgehead atoms. The van der Waals surface area contributed by atoms with Crippen molar-refractivity contribution in [3.8, 4) is 34.4 Å². The molecular formula is C76H50N6S. The molecule has 5 heterocycles. The van der Waals surface area contributed by atoms with Crippen LogP contribution in [-0.2, 0) is 0 Å². The first-order valence-corrected chi connectivity index (χ1v) is 29.8. The Hall–Kier alpha value is -10.7. The van der Waals surface area contributed by atoms with Gasteiger partial charge in [-0.2, -0.15) is 4.98 Å². The third kappa shape index (κ3) is 7.11. The van der Waals surface area contributed by atoms with Crippen LogP contribution < -0.4 is 0 Å². The minimum atomic E-state index is -1.93. The van der Waals surface area contributed by atoms with Crippen molar-refractivity contribution in [1.82, 2.24) is 28.2 Å². The molecule has 0 N–H and O–H groups in total. The van der Waals surface area contributed by atoms with Crippen molar-refractivity contribution in [2.45, 2.75) is 19.6 Å². The maximum absolute atomic E-state index is 5.74. The monoisotopic (exact) mass is 1080 g/mol. The van der Waals surface area contributed by atoms with Gasteiger partial charge in [0.2, 0.25) is 5.95 Å². The Labute approximate surface area is 480 Å². The first-order chi connectivity index (χ1) is 41.2. The van der Waals surface area contributed by atoms with Crippen molar-refractivity contribution < 1.29 is 0 Å². The lowest BCUT2D eigenvalue weighted by Crippen LogP contribution is -2.08. The smallest absolute Gasteiger partial charge is 0.237 e. The molecule has 0 unspecified atom stereocenters. The van der Waals surface area contributed by atoms with Gasteiger partial charge in [-0.3, -0.25) is 9.13 Å². The molecule has 0 amide bonds. The first-order valence-electron chi connectivity index (χ1n) is 28.2. The van der Waals surface area contributed by atoms with E-state index < -0.39 is 10.0 Å². The largest absolute Gasteiger partial charge is 0.309 e. The van der Waals surface area contributed by atoms with E-state index in [1.54, 1.807) is 0 Å². The van der Waals surface area contributed by atoms with Crippen molar-refractivity contribution in [2.24, 2.45) is 0 Å². The number of nitrogens with zero attached hydrogens (tertiary/aromatic N) is 6. The number of rotatable bonds is 9. The van der Waals surface area contributed by atoms with Crippen LogP contribution in [0.4, 0.5) is 0 Å². The van der Waals surface area contributed by atoms with Crippen LogP contribution in [0.3, 0.4) is 0 Å². The van der Waals surface area contributed by atoms with E-state index in [1.807, 2.05) is 0 Å². The highest BCUT2D eigenvalue weighted by Crippen LogP contribution is 2.73. The summed E-state index contributed by atoms with van der Waals surface area (Å²) in [6.07, 6.45) is 0. The molecule has 0 saturated heterocycles. The minimum absolute atomic E-state index is 0.586. The molecule has 17 rings (SSSR count). The average Bonchev–Trinajstić information content (AvgIpc) is 3.06. The van der Waals surface area contributed by atoms with Crippen LogP contribution in [0.15, 0.2) is 323 Å². The van der Waals surface area contributed by atoms with Crippen LogP contribution in [0.5, 0.6) is 0 Å². The summed E-state index contributed by atoms with van der Waals surface area (Å²) in [5, 5.41) is 9.47. The van der Waals surface area contributed by atoms with E-state index in [0.717, 1.165) is 72.1 Å². The fraction of sp³-hybridized carbons (Fsp3) is 0. The molecule has 6 nitrogen and oxygen atoms in total. The number of aromatic nitrogens is 6. The molecule has 7 heteroatoms. The fourth-order valence-corrected chi connectivity index (χ4v) is 17.2. The Bertz CT molecular complexity index is 4930. The van der Waals surface area contributed by atoms with Gasteiger partial charge in [0.25, 0.3) is 0 Å². The summed E-state index contributed by atoms with van der Waals surface area (Å²) in [5.41, 5.74) is 12.9. The van der Waals surface area contributed by atoms with E-state index >= 15 is 0 Å². The molecule has 390 valence electrons. The van der Waals surface area contributed by atoms with Gasteiger partial charge < -0.3 is 9.13 Å². The second-order valence-electron chi connectivity index (χ2n) is 21.3. The topological polar surface area (TPSA) is 45.5 Å². The molecule has 5 aromatic heterocycles. The zero-order valence-corrected chi connectivity index (χ0v) is 45.8. The lowest BCUT2D eigenvalue weighted by molar-refractivity contribution is 0.951. The van der Waals surface area contributed by atoms with Crippen LogP contribution >= 0.6 is 10.0 Å². The van der Waals surface area contributed by atoms with E-state index in [9.17, 15) is 0 Å². The van der Waals surface area contributed by atoms with Gasteiger partial charge in [0.05, 0.1) is 49.8 Å². The SMILES string of the molecule is c1ccc(S(c2ccccc2)(c2ccccc2)c2ccc(-c3cc(-n4c5ccccc5c5cc(-n6c7ccccc7c7ccccc76)ccc54)nc(-n4c5ccccc5c5cc(-n6c7ccccc7c7ccccc76)ccc54)n3)cc2)cc1. The standard InChI is InChI=1S/C76H50N6S/c1-4-22-54(23-5-1)83(55-24-6-2-7-25-55,56-26-8-3-9-27-56)57-44-40-51(41-45-57)66-50-75(81-71-38-20-14-32-62(71)64-48-52(42-46-73(64)81)79-67-34-16-10-28-58(67)59-29-11-17-35-68(59)79)78-76(77-66)82-72-39-21-15-33-63(72)65-49-53(43-47-74(65)82)80-69-36-18-12-30-60(69)61-31-13-19-37-70(61)80/h1-50H. The molecule has 0 radical (unpaired) electrons. The molecule has 83 heavy (non-hydrogen) atoms. The molecule has 0 aliphatic rings. The molecule has 12 aromatic carbocycles. The van der Waals surface area contributed by atoms with Crippen molar-refractivity contribution >= 4 is 97.3 Å². The van der Waals surface area contributed by atoms with Gasteiger partial charge in [0.15, 0.2) is 0 Å². The van der Waals surface area contributed by atoms with E-state index in [2.05, 4.69) is 322 Å². The predicted molar refractivity (Wildman–Crippen MR) is 345 cm³/mol. The van der Waals surface area contributed by atoms with Crippen molar-refractivity contribution in [3.05, 3.63) is 303 Å². The van der Waals surface area contributed by atoms with Gasteiger partial charge in [0.1, 0.15) is 5.82 Å². The van der Waals surface area contributed by atoms with Crippen LogP contribution in [0.25, 0.3) is 122 Å². The number of para-hydroxylation sites is 6. The Balaban J connectivity index is 0.905.